The number of aromatic hydroxyl groups is 7. The minimum absolute atomic E-state index is 0.0165. The average molecular weight is 1920 g/mol. The van der Waals surface area contributed by atoms with E-state index in [9.17, 15) is 30.6 Å². The molecule has 0 saturated carbocycles. The van der Waals surface area contributed by atoms with Crippen molar-refractivity contribution in [3.63, 3.8) is 0 Å². The number of nitrogen functional groups attached to an aromatic ring is 1. The molecule has 1 aliphatic rings. The van der Waals surface area contributed by atoms with E-state index in [4.69, 9.17) is 114 Å². The molecule has 11 aromatic rings. The zero-order valence-electron chi connectivity index (χ0n) is 80.2. The molecule has 0 aromatic heterocycles. The third-order valence-electron chi connectivity index (χ3n) is 20.3. The van der Waals surface area contributed by atoms with Gasteiger partial charge in [0.25, 0.3) is 0 Å². The highest BCUT2D eigenvalue weighted by atomic mass is 35.5. The number of aryl methyl sites for hydroxylation is 2. The average Bonchev–Trinajstić information content (AvgIpc) is 0.877. The lowest BCUT2D eigenvalue weighted by atomic mass is 10.0. The molecule has 0 aliphatic carbocycles. The van der Waals surface area contributed by atoms with Crippen LogP contribution in [0.1, 0.15) is 138 Å². The van der Waals surface area contributed by atoms with Crippen molar-refractivity contribution in [2.45, 2.75) is 166 Å². The number of methoxy groups -OCH3 is 2. The quantitative estimate of drug-likeness (QED) is 0.0134. The van der Waals surface area contributed by atoms with E-state index < -0.39 is 24.4 Å². The summed E-state index contributed by atoms with van der Waals surface area (Å²) in [6.07, 6.45) is 5.33. The molecule has 1 saturated heterocycles. The summed E-state index contributed by atoms with van der Waals surface area (Å²) >= 11 is 7.46. The Bertz CT molecular complexity index is 4840. The number of rotatable bonds is 33. The highest BCUT2D eigenvalue weighted by Gasteiger charge is 2.18. The summed E-state index contributed by atoms with van der Waals surface area (Å²) < 4.78 is 9.74. The van der Waals surface area contributed by atoms with Gasteiger partial charge in [-0.25, -0.2) is 0 Å². The lowest BCUT2D eigenvalue weighted by Gasteiger charge is -2.26. The van der Waals surface area contributed by atoms with Crippen LogP contribution in [0.25, 0.3) is 0 Å². The van der Waals surface area contributed by atoms with Gasteiger partial charge in [0, 0.05) is 105 Å². The van der Waals surface area contributed by atoms with Gasteiger partial charge in [-0.2, -0.15) is 11.8 Å². The highest BCUT2D eigenvalue weighted by molar-refractivity contribution is 7.98. The molecule has 0 amide bonds. The molecule has 28 nitrogen and oxygen atoms in total. The van der Waals surface area contributed by atoms with E-state index in [2.05, 4.69) is 59.3 Å². The van der Waals surface area contributed by atoms with E-state index in [1.807, 2.05) is 142 Å². The van der Waals surface area contributed by atoms with Crippen LogP contribution in [0.5, 0.6) is 46.0 Å². The van der Waals surface area contributed by atoms with Crippen molar-refractivity contribution in [3.05, 3.63) is 333 Å². The number of aliphatic hydroxyl groups excluding tert-OH is 7. The van der Waals surface area contributed by atoms with Crippen molar-refractivity contribution in [3.8, 4) is 46.0 Å². The number of nitrogens with zero attached hydrogens (tertiary/aromatic N) is 2. The lowest BCUT2D eigenvalue weighted by Crippen LogP contribution is -2.32. The second-order valence-corrected chi connectivity index (χ2v) is 33.9. The van der Waals surface area contributed by atoms with Crippen LogP contribution in [0.4, 0.5) is 11.4 Å². The number of hydrogen-bond acceptors (Lipinski definition) is 29. The number of nitrogens with one attached hydrogen (secondary N) is 1. The molecule has 30 heteroatoms. The van der Waals surface area contributed by atoms with Gasteiger partial charge in [0.05, 0.1) is 68.8 Å². The molecule has 136 heavy (non-hydrogen) atoms. The summed E-state index contributed by atoms with van der Waals surface area (Å²) in [5.74, 6) is 4.06. The summed E-state index contributed by atoms with van der Waals surface area (Å²) in [5.41, 5.74) is 63.4. The van der Waals surface area contributed by atoms with E-state index in [1.165, 1.54) is 79.9 Å². The van der Waals surface area contributed by atoms with Gasteiger partial charge in [-0.1, -0.05) is 200 Å². The Morgan fingerprint density at radius 2 is 1.05 bits per heavy atom. The fourth-order valence-electron chi connectivity index (χ4n) is 12.5. The number of halogens is 1. The Kier molecular flexibility index (Phi) is 64.9. The first kappa shape index (κ1) is 121. The summed E-state index contributed by atoms with van der Waals surface area (Å²) in [6, 6.07) is 77.9. The number of phenols is 7. The Labute approximate surface area is 815 Å². The van der Waals surface area contributed by atoms with Crippen LogP contribution in [0.2, 0.25) is 5.02 Å². The minimum atomic E-state index is -0.679. The van der Waals surface area contributed by atoms with Crippen LogP contribution in [-0.4, -0.2) is 210 Å². The van der Waals surface area contributed by atoms with E-state index in [1.54, 1.807) is 117 Å². The first-order valence-electron chi connectivity index (χ1n) is 45.5. The highest BCUT2D eigenvalue weighted by Crippen LogP contribution is 2.28. The van der Waals surface area contributed by atoms with Crippen LogP contribution in [0.3, 0.4) is 0 Å². The number of ether oxygens (including phenoxy) is 2. The number of anilines is 2. The molecule has 11 aromatic carbocycles. The predicted octanol–water partition coefficient (Wildman–Crippen LogP) is 13.0. The summed E-state index contributed by atoms with van der Waals surface area (Å²) in [5, 5.41) is 132. The fourth-order valence-corrected chi connectivity index (χ4v) is 13.6. The molecule has 748 valence electrons. The van der Waals surface area contributed by atoms with Crippen LogP contribution < -0.4 is 61.7 Å². The van der Waals surface area contributed by atoms with E-state index >= 15 is 0 Å². The van der Waals surface area contributed by atoms with Gasteiger partial charge in [-0.05, 0) is 240 Å². The van der Waals surface area contributed by atoms with Crippen LogP contribution in [0, 0.1) is 13.8 Å². The second-order valence-electron chi connectivity index (χ2n) is 32.5. The van der Waals surface area contributed by atoms with Crippen molar-refractivity contribution in [1.29, 1.82) is 0 Å². The first-order valence-corrected chi connectivity index (χ1v) is 47.0. The molecule has 12 rings (SSSR count). The number of likely N-dealkylation sites (N-methyl/N-ethyl adjacent to an activating group) is 1. The van der Waals surface area contributed by atoms with Crippen molar-refractivity contribution < 1.29 is 81.0 Å². The Morgan fingerprint density at radius 1 is 0.515 bits per heavy atom. The molecule has 1 heterocycles. The molecular formula is C106H155ClN12O16S. The Balaban J connectivity index is 0.000000507. The van der Waals surface area contributed by atoms with Crippen molar-refractivity contribution in [1.82, 2.24) is 9.80 Å². The number of piperidine rings is 1. The molecule has 1 aliphatic heterocycles. The standard InChI is InChI=1S/C13H19NO.C12H19NO2.C11H17NO.C10H15NO2.C10H15NOS.C9H12ClNO.C9H13NO2.C8H12N2O.2C8H11NO2.C8H11NO/c1-11-5-6-13(15)12(9-11)10-14-7-3-2-4-8-14;1-13(10-12(15)7-8-14)9-11-5-3-2-4-6-11;1-3-10(12)6-9-5-4-8(2)11(13)7-9;1-13-7-9(11)10(12)8-5-3-2-4-6-8;11-10(6-12)8-13-7-9-4-2-1-3-5-9;10-8-3-1-7(2-4-8)5-9(11)6-12;1-6(10)9(12)7-2-4-8(11)5-3-7;1-2-10-8-5-6(11)3-4-7(8)9;1-11-8-4-6(5-9)2-3-7(8)10;9-5-8(11)6-2-1-3-7(10)4-6;9-6-5-7-1-3-8(10)4-2-7/h5-6,9,15H,2-4,7-8,10H2,1H3;2-6,12,14-15H,7-10H2,1H3;4-5,7,10,13H,3,6,12H2,1-2H3;2-6,9-10,12H,7,11H2,1H3;1-5,10,12H,6-8,11H2;1-4,9,12H,5-6,11H2;2-6,9,11-12H,10H2,1H3;3-5,10-11H,2,9H2,1H3;2-4,10H,5,9H2,1H3;1-4,8,10-11H,5,9H2;1-4,10H,5-6,9H2. The van der Waals surface area contributed by atoms with Crippen LogP contribution in [0.15, 0.2) is 261 Å². The normalized spacial score (nSPS) is 13.2. The third-order valence-corrected chi connectivity index (χ3v) is 21.8. The number of aliphatic hydroxyl groups is 7. The number of benzene rings is 11. The minimum Gasteiger partial charge on any atom is -0.508 e. The summed E-state index contributed by atoms with van der Waals surface area (Å²) in [4.78, 5) is 4.48. The molecule has 33 N–H and O–H groups in total. The molecular weight excluding hydrogens is 1760 g/mol. The number of likely N-dealkylation sites (tertiary alicyclic amines) is 1. The van der Waals surface area contributed by atoms with E-state index in [-0.39, 0.29) is 79.6 Å². The van der Waals surface area contributed by atoms with Gasteiger partial charge in [0.2, 0.25) is 0 Å². The van der Waals surface area contributed by atoms with Crippen molar-refractivity contribution in [2.24, 2.45) is 45.9 Å². The molecule has 0 bridgehead atoms. The van der Waals surface area contributed by atoms with E-state index in [0.29, 0.717) is 73.3 Å². The van der Waals surface area contributed by atoms with Gasteiger partial charge >= 0.3 is 0 Å². The molecule has 9 atom stereocenters. The second kappa shape index (κ2) is 72.7. The number of thioether (sulfide) groups is 1. The van der Waals surface area contributed by atoms with Gasteiger partial charge in [0.15, 0.2) is 11.5 Å². The topological polar surface area (TPSA) is 554 Å². The lowest BCUT2D eigenvalue weighted by molar-refractivity contribution is 0.0873. The summed E-state index contributed by atoms with van der Waals surface area (Å²) in [7, 11) is 5.04. The predicted molar refractivity (Wildman–Crippen MR) is 555 cm³/mol. The van der Waals surface area contributed by atoms with Crippen LogP contribution >= 0.6 is 23.4 Å². The first-order chi connectivity index (χ1) is 65.1. The largest absolute Gasteiger partial charge is 0.508 e. The number of phenolic OH excluding ortho intramolecular Hbond substituents is 7. The smallest absolute Gasteiger partial charge is 0.160 e. The van der Waals surface area contributed by atoms with Crippen molar-refractivity contribution in [2.75, 3.05) is 104 Å². The van der Waals surface area contributed by atoms with Gasteiger partial charge in [-0.15, -0.1) is 0 Å². The van der Waals surface area contributed by atoms with Gasteiger partial charge < -0.3 is 138 Å². The van der Waals surface area contributed by atoms with Gasteiger partial charge in [0.1, 0.15) is 34.5 Å². The third kappa shape index (κ3) is 54.9. The summed E-state index contributed by atoms with van der Waals surface area (Å²) in [6.45, 7) is 17.0. The maximum atomic E-state index is 9.74. The number of hydrogen-bond donors (Lipinski definition) is 24. The zero-order chi connectivity index (χ0) is 101. The molecule has 1 fully saturated rings. The molecule has 0 radical (unpaired) electrons. The Hall–Kier alpha value is -10.7. The van der Waals surface area contributed by atoms with Crippen LogP contribution in [-0.2, 0) is 49.4 Å². The maximum Gasteiger partial charge on any atom is 0.160 e. The Morgan fingerprint density at radius 3 is 1.59 bits per heavy atom. The number of nitrogens with two attached hydrogens (primary N) is 9. The molecule has 0 spiro atoms. The molecule has 9 unspecified atom stereocenters. The monoisotopic (exact) mass is 1920 g/mol. The SMILES string of the molecule is CC(N)C(O)c1ccc(O)cc1.CCC(N)Cc1ccc(C)c(O)c1.CCNc1cc(O)ccc1N.CN(Cc1ccccc1)CC(O)CCO.COCC(N)C(O)c1ccccc1.COc1cc(CN)ccc1O.Cc1ccc(O)c(CN2CCCCC2)c1.NC(CO)CSCc1ccccc1.NC(CO)Cc1ccc(Cl)cc1.NCC(O)c1cccc(O)c1.NCCc1ccc(O)cc1. The van der Waals surface area contributed by atoms with E-state index in [0.717, 1.165) is 100 Å². The maximum absolute atomic E-state index is 9.74. The van der Waals surface area contributed by atoms with Crippen molar-refractivity contribution >= 4 is 34.7 Å². The zero-order valence-corrected chi connectivity index (χ0v) is 81.8. The fraction of sp³-hybridized carbons (Fsp3) is 0.377. The van der Waals surface area contributed by atoms with Gasteiger partial charge in [-0.3, -0.25) is 9.80 Å².